The van der Waals surface area contributed by atoms with Crippen molar-refractivity contribution >= 4 is 11.8 Å². The summed E-state index contributed by atoms with van der Waals surface area (Å²) >= 11 is 0. The molecule has 1 aromatic carbocycles. The highest BCUT2D eigenvalue weighted by Crippen LogP contribution is 2.22. The van der Waals surface area contributed by atoms with Crippen molar-refractivity contribution in [1.29, 1.82) is 0 Å². The zero-order valence-corrected chi connectivity index (χ0v) is 14.9. The van der Waals surface area contributed by atoms with Gasteiger partial charge in [-0.25, -0.2) is 0 Å². The first-order valence-electron chi connectivity index (χ1n) is 8.75. The molecule has 0 aliphatic carbocycles. The van der Waals surface area contributed by atoms with Crippen LogP contribution < -0.4 is 10.1 Å². The van der Waals surface area contributed by atoms with Crippen LogP contribution >= 0.6 is 0 Å². The van der Waals surface area contributed by atoms with Crippen LogP contribution in [0.15, 0.2) is 18.2 Å². The van der Waals surface area contributed by atoms with Crippen LogP contribution in [0.2, 0.25) is 0 Å². The van der Waals surface area contributed by atoms with Gasteiger partial charge in [0.2, 0.25) is 5.91 Å². The summed E-state index contributed by atoms with van der Waals surface area (Å²) in [5.41, 5.74) is 1.68. The van der Waals surface area contributed by atoms with E-state index in [9.17, 15) is 9.59 Å². The van der Waals surface area contributed by atoms with E-state index < -0.39 is 0 Å². The molecule has 24 heavy (non-hydrogen) atoms. The van der Waals surface area contributed by atoms with E-state index in [1.807, 2.05) is 36.9 Å². The van der Waals surface area contributed by atoms with Gasteiger partial charge in [-0.3, -0.25) is 9.59 Å². The number of rotatable bonds is 6. The molecule has 0 unspecified atom stereocenters. The third kappa shape index (κ3) is 4.73. The summed E-state index contributed by atoms with van der Waals surface area (Å²) < 4.78 is 5.31. The van der Waals surface area contributed by atoms with Crippen molar-refractivity contribution in [3.8, 4) is 5.75 Å². The maximum atomic E-state index is 12.7. The van der Waals surface area contributed by atoms with E-state index in [1.54, 1.807) is 7.11 Å². The summed E-state index contributed by atoms with van der Waals surface area (Å²) in [6.07, 6.45) is 3.45. The Balaban J connectivity index is 1.96. The molecule has 5 nitrogen and oxygen atoms in total. The average Bonchev–Trinajstić information content (AvgIpc) is 2.60. The van der Waals surface area contributed by atoms with Gasteiger partial charge in [-0.05, 0) is 49.8 Å². The Labute approximate surface area is 144 Å². The van der Waals surface area contributed by atoms with Crippen LogP contribution in [0.5, 0.6) is 5.75 Å². The van der Waals surface area contributed by atoms with Gasteiger partial charge in [-0.2, -0.15) is 0 Å². The zero-order chi connectivity index (χ0) is 17.5. The predicted octanol–water partition coefficient (Wildman–Crippen LogP) is 2.77. The molecule has 132 valence electrons. The Morgan fingerprint density at radius 1 is 1.38 bits per heavy atom. The van der Waals surface area contributed by atoms with Crippen molar-refractivity contribution in [3.05, 3.63) is 29.3 Å². The SMILES string of the molecule is CCCC(=O)NC[C@@H]1CCCN(C(=O)c2ccc(C)c(OC)c2)C1. The molecule has 1 saturated heterocycles. The van der Waals surface area contributed by atoms with Crippen LogP contribution in [0.25, 0.3) is 0 Å². The molecular weight excluding hydrogens is 304 g/mol. The van der Waals surface area contributed by atoms with Crippen molar-refractivity contribution < 1.29 is 14.3 Å². The molecule has 0 spiro atoms. The second-order valence-electron chi connectivity index (χ2n) is 6.50. The van der Waals surface area contributed by atoms with Crippen LogP contribution in [-0.4, -0.2) is 43.5 Å². The van der Waals surface area contributed by atoms with Gasteiger partial charge < -0.3 is 15.0 Å². The summed E-state index contributed by atoms with van der Waals surface area (Å²) in [5.74, 6) is 1.21. The Kier molecular flexibility index (Phi) is 6.64. The number of nitrogens with one attached hydrogen (secondary N) is 1. The molecule has 0 aromatic heterocycles. The number of amides is 2. The third-order valence-electron chi connectivity index (χ3n) is 4.53. The van der Waals surface area contributed by atoms with Crippen LogP contribution in [0.1, 0.15) is 48.5 Å². The van der Waals surface area contributed by atoms with Crippen molar-refractivity contribution in [3.63, 3.8) is 0 Å². The first kappa shape index (κ1) is 18.3. The Morgan fingerprint density at radius 3 is 2.88 bits per heavy atom. The summed E-state index contributed by atoms with van der Waals surface area (Å²) in [6.45, 7) is 6.08. The summed E-state index contributed by atoms with van der Waals surface area (Å²) in [6, 6.07) is 5.58. The fourth-order valence-electron chi connectivity index (χ4n) is 3.13. The van der Waals surface area contributed by atoms with Gasteiger partial charge in [-0.1, -0.05) is 13.0 Å². The van der Waals surface area contributed by atoms with Crippen LogP contribution in [0.4, 0.5) is 0 Å². The first-order chi connectivity index (χ1) is 11.5. The number of ether oxygens (including phenoxy) is 1. The number of carbonyl (C=O) groups excluding carboxylic acids is 2. The Bertz CT molecular complexity index is 586. The largest absolute Gasteiger partial charge is 0.496 e. The number of benzene rings is 1. The van der Waals surface area contributed by atoms with Crippen LogP contribution in [0.3, 0.4) is 0 Å². The molecule has 5 heteroatoms. The van der Waals surface area contributed by atoms with E-state index >= 15 is 0 Å². The number of carbonyl (C=O) groups is 2. The molecule has 1 atom stereocenters. The van der Waals surface area contributed by atoms with Crippen LogP contribution in [-0.2, 0) is 4.79 Å². The zero-order valence-electron chi connectivity index (χ0n) is 14.9. The molecule has 1 aliphatic rings. The van der Waals surface area contributed by atoms with E-state index in [4.69, 9.17) is 4.74 Å². The third-order valence-corrected chi connectivity index (χ3v) is 4.53. The maximum Gasteiger partial charge on any atom is 0.253 e. The number of hydrogen-bond donors (Lipinski definition) is 1. The molecular formula is C19H28N2O3. The van der Waals surface area contributed by atoms with Gasteiger partial charge in [0, 0.05) is 31.6 Å². The topological polar surface area (TPSA) is 58.6 Å². The van der Waals surface area contributed by atoms with Gasteiger partial charge in [0.05, 0.1) is 7.11 Å². The van der Waals surface area contributed by atoms with Crippen molar-refractivity contribution in [2.24, 2.45) is 5.92 Å². The lowest BCUT2D eigenvalue weighted by atomic mass is 9.97. The second kappa shape index (κ2) is 8.71. The van der Waals surface area contributed by atoms with E-state index in [2.05, 4.69) is 5.32 Å². The highest BCUT2D eigenvalue weighted by atomic mass is 16.5. The molecule has 2 rings (SSSR count). The molecule has 1 fully saturated rings. The van der Waals surface area contributed by atoms with Gasteiger partial charge in [0.1, 0.15) is 5.75 Å². The maximum absolute atomic E-state index is 12.7. The van der Waals surface area contributed by atoms with E-state index in [0.717, 1.165) is 37.1 Å². The van der Waals surface area contributed by atoms with Crippen LogP contribution in [0, 0.1) is 12.8 Å². The van der Waals surface area contributed by atoms with Crippen molar-refractivity contribution in [2.75, 3.05) is 26.7 Å². The lowest BCUT2D eigenvalue weighted by Gasteiger charge is -2.33. The molecule has 1 aliphatic heterocycles. The van der Waals surface area contributed by atoms with E-state index in [1.165, 1.54) is 0 Å². The number of piperidine rings is 1. The van der Waals surface area contributed by atoms with Gasteiger partial charge in [0.15, 0.2) is 0 Å². The molecule has 0 radical (unpaired) electrons. The van der Waals surface area contributed by atoms with Gasteiger partial charge >= 0.3 is 0 Å². The molecule has 1 aromatic rings. The lowest BCUT2D eigenvalue weighted by molar-refractivity contribution is -0.121. The number of likely N-dealkylation sites (tertiary alicyclic amines) is 1. The minimum absolute atomic E-state index is 0.0397. The predicted molar refractivity (Wildman–Crippen MR) is 94.3 cm³/mol. The number of nitrogens with zero attached hydrogens (tertiary/aromatic N) is 1. The molecule has 0 bridgehead atoms. The standard InChI is InChI=1S/C19H28N2O3/c1-4-6-18(22)20-12-15-7-5-10-21(13-15)19(23)16-9-8-14(2)17(11-16)24-3/h8-9,11,15H,4-7,10,12-13H2,1-3H3,(H,20,22)/t15-/m0/s1. The van der Waals surface area contributed by atoms with E-state index in [-0.39, 0.29) is 11.8 Å². The van der Waals surface area contributed by atoms with Gasteiger partial charge in [-0.15, -0.1) is 0 Å². The monoisotopic (exact) mass is 332 g/mol. The average molecular weight is 332 g/mol. The van der Waals surface area contributed by atoms with E-state index in [0.29, 0.717) is 31.0 Å². The normalized spacial score (nSPS) is 17.5. The highest BCUT2D eigenvalue weighted by Gasteiger charge is 2.25. The second-order valence-corrected chi connectivity index (χ2v) is 6.50. The molecule has 2 amide bonds. The number of methoxy groups -OCH3 is 1. The summed E-state index contributed by atoms with van der Waals surface area (Å²) in [7, 11) is 1.62. The summed E-state index contributed by atoms with van der Waals surface area (Å²) in [5, 5.41) is 2.98. The molecule has 1 N–H and O–H groups in total. The fourth-order valence-corrected chi connectivity index (χ4v) is 3.13. The van der Waals surface area contributed by atoms with Crippen molar-refractivity contribution in [1.82, 2.24) is 10.2 Å². The molecule has 1 heterocycles. The number of hydrogen-bond acceptors (Lipinski definition) is 3. The number of aryl methyl sites for hydroxylation is 1. The molecule has 0 saturated carbocycles. The first-order valence-corrected chi connectivity index (χ1v) is 8.75. The Morgan fingerprint density at radius 2 is 2.17 bits per heavy atom. The minimum Gasteiger partial charge on any atom is -0.496 e. The smallest absolute Gasteiger partial charge is 0.253 e. The van der Waals surface area contributed by atoms with Gasteiger partial charge in [0.25, 0.3) is 5.91 Å². The minimum atomic E-state index is 0.0397. The quantitative estimate of drug-likeness (QED) is 0.871. The fraction of sp³-hybridized carbons (Fsp3) is 0.579. The Hall–Kier alpha value is -2.04. The lowest BCUT2D eigenvalue weighted by Crippen LogP contribution is -2.43. The van der Waals surface area contributed by atoms with Crippen molar-refractivity contribution in [2.45, 2.75) is 39.5 Å². The highest BCUT2D eigenvalue weighted by molar-refractivity contribution is 5.94. The summed E-state index contributed by atoms with van der Waals surface area (Å²) in [4.78, 5) is 26.3.